The number of rotatable bonds is 5. The lowest BCUT2D eigenvalue weighted by atomic mass is 10.2. The molecule has 0 aromatic heterocycles. The SMILES string of the molecule is CC(C)CNC/C=C/C=O. The second-order valence-corrected chi connectivity index (χ2v) is 2.62. The first-order chi connectivity index (χ1) is 4.77. The normalized spacial score (nSPS) is 11.1. The molecule has 0 aliphatic rings. The van der Waals surface area contributed by atoms with Crippen LogP contribution in [0.3, 0.4) is 0 Å². The van der Waals surface area contributed by atoms with Gasteiger partial charge in [0.15, 0.2) is 0 Å². The Morgan fingerprint density at radius 1 is 1.50 bits per heavy atom. The Balaban J connectivity index is 3.04. The highest BCUT2D eigenvalue weighted by atomic mass is 16.1. The van der Waals surface area contributed by atoms with Gasteiger partial charge in [0.1, 0.15) is 6.29 Å². The van der Waals surface area contributed by atoms with Crippen LogP contribution in [0.5, 0.6) is 0 Å². The number of hydrogen-bond donors (Lipinski definition) is 1. The Morgan fingerprint density at radius 2 is 2.20 bits per heavy atom. The minimum absolute atomic E-state index is 0.671. The summed E-state index contributed by atoms with van der Waals surface area (Å²) >= 11 is 0. The lowest BCUT2D eigenvalue weighted by Crippen LogP contribution is -2.19. The number of carbonyl (C=O) groups excluding carboxylic acids is 1. The molecular formula is C8H15NO. The van der Waals surface area contributed by atoms with Crippen LogP contribution < -0.4 is 5.32 Å². The van der Waals surface area contributed by atoms with E-state index in [0.717, 1.165) is 19.4 Å². The first-order valence-electron chi connectivity index (χ1n) is 3.58. The monoisotopic (exact) mass is 141 g/mol. The molecular weight excluding hydrogens is 126 g/mol. The van der Waals surface area contributed by atoms with Gasteiger partial charge in [-0.25, -0.2) is 0 Å². The summed E-state index contributed by atoms with van der Waals surface area (Å²) in [6.07, 6.45) is 4.11. The standard InChI is InChI=1S/C8H15NO/c1-8(2)7-9-5-3-4-6-10/h3-4,6,8-9H,5,7H2,1-2H3/b4-3+. The van der Waals surface area contributed by atoms with Gasteiger partial charge < -0.3 is 5.32 Å². The van der Waals surface area contributed by atoms with Gasteiger partial charge in [0, 0.05) is 6.54 Å². The second kappa shape index (κ2) is 6.49. The zero-order valence-corrected chi connectivity index (χ0v) is 6.63. The van der Waals surface area contributed by atoms with Gasteiger partial charge in [-0.2, -0.15) is 0 Å². The number of hydrogen-bond acceptors (Lipinski definition) is 2. The second-order valence-electron chi connectivity index (χ2n) is 2.62. The van der Waals surface area contributed by atoms with Gasteiger partial charge in [-0.15, -0.1) is 0 Å². The first-order valence-corrected chi connectivity index (χ1v) is 3.58. The van der Waals surface area contributed by atoms with Gasteiger partial charge in [-0.05, 0) is 18.5 Å². The summed E-state index contributed by atoms with van der Waals surface area (Å²) in [6, 6.07) is 0. The van der Waals surface area contributed by atoms with Gasteiger partial charge in [0.25, 0.3) is 0 Å². The van der Waals surface area contributed by atoms with Crippen molar-refractivity contribution in [3.8, 4) is 0 Å². The molecule has 0 atom stereocenters. The van der Waals surface area contributed by atoms with Crippen LogP contribution in [0.25, 0.3) is 0 Å². The summed E-state index contributed by atoms with van der Waals surface area (Å²) in [4.78, 5) is 9.79. The molecule has 0 bridgehead atoms. The van der Waals surface area contributed by atoms with Crippen LogP contribution >= 0.6 is 0 Å². The summed E-state index contributed by atoms with van der Waals surface area (Å²) < 4.78 is 0. The number of nitrogens with one attached hydrogen (secondary N) is 1. The summed E-state index contributed by atoms with van der Waals surface area (Å²) in [5.74, 6) is 0.671. The van der Waals surface area contributed by atoms with Crippen molar-refractivity contribution in [3.63, 3.8) is 0 Å². The van der Waals surface area contributed by atoms with Crippen molar-refractivity contribution in [3.05, 3.63) is 12.2 Å². The largest absolute Gasteiger partial charge is 0.313 e. The van der Waals surface area contributed by atoms with E-state index in [9.17, 15) is 4.79 Å². The Hall–Kier alpha value is -0.630. The molecule has 0 aromatic carbocycles. The molecule has 0 saturated carbocycles. The Kier molecular flexibility index (Phi) is 6.08. The third-order valence-electron chi connectivity index (χ3n) is 1.03. The fourth-order valence-electron chi connectivity index (χ4n) is 0.579. The van der Waals surface area contributed by atoms with E-state index in [1.165, 1.54) is 6.08 Å². The van der Waals surface area contributed by atoms with Crippen LogP contribution in [0.1, 0.15) is 13.8 Å². The highest BCUT2D eigenvalue weighted by Gasteiger charge is 1.88. The maximum Gasteiger partial charge on any atom is 0.142 e. The minimum atomic E-state index is 0.671. The molecule has 10 heavy (non-hydrogen) atoms. The van der Waals surface area contributed by atoms with Crippen LogP contribution in [0.2, 0.25) is 0 Å². The molecule has 0 amide bonds. The molecule has 1 N–H and O–H groups in total. The zero-order chi connectivity index (χ0) is 7.82. The number of allylic oxidation sites excluding steroid dienone is 1. The molecule has 0 unspecified atom stereocenters. The van der Waals surface area contributed by atoms with E-state index in [4.69, 9.17) is 0 Å². The average Bonchev–Trinajstić information content (AvgIpc) is 1.87. The van der Waals surface area contributed by atoms with Crippen LogP contribution in [-0.2, 0) is 4.79 Å². The van der Waals surface area contributed by atoms with Crippen molar-refractivity contribution >= 4 is 6.29 Å². The van der Waals surface area contributed by atoms with E-state index in [0.29, 0.717) is 5.92 Å². The highest BCUT2D eigenvalue weighted by Crippen LogP contribution is 1.85. The lowest BCUT2D eigenvalue weighted by Gasteiger charge is -2.02. The third kappa shape index (κ3) is 7.37. The van der Waals surface area contributed by atoms with Gasteiger partial charge in [-0.3, -0.25) is 4.79 Å². The Morgan fingerprint density at radius 3 is 2.70 bits per heavy atom. The van der Waals surface area contributed by atoms with Gasteiger partial charge in [0.2, 0.25) is 0 Å². The topological polar surface area (TPSA) is 29.1 Å². The molecule has 0 aromatic rings. The van der Waals surface area contributed by atoms with Gasteiger partial charge in [0.05, 0.1) is 0 Å². The van der Waals surface area contributed by atoms with E-state index < -0.39 is 0 Å². The van der Waals surface area contributed by atoms with Gasteiger partial charge >= 0.3 is 0 Å². The van der Waals surface area contributed by atoms with Crippen molar-refractivity contribution in [1.82, 2.24) is 5.32 Å². The molecule has 0 aliphatic heterocycles. The fourth-order valence-corrected chi connectivity index (χ4v) is 0.579. The lowest BCUT2D eigenvalue weighted by molar-refractivity contribution is -0.104. The molecule has 0 fully saturated rings. The molecule has 0 radical (unpaired) electrons. The summed E-state index contributed by atoms with van der Waals surface area (Å²) in [6.45, 7) is 6.09. The molecule has 0 saturated heterocycles. The van der Waals surface area contributed by atoms with Crippen molar-refractivity contribution in [1.29, 1.82) is 0 Å². The Labute approximate surface area is 62.3 Å². The maximum absolute atomic E-state index is 9.79. The Bertz CT molecular complexity index is 108. The molecule has 0 rings (SSSR count). The molecule has 58 valence electrons. The van der Waals surface area contributed by atoms with Crippen LogP contribution in [0.4, 0.5) is 0 Å². The van der Waals surface area contributed by atoms with Crippen LogP contribution in [0.15, 0.2) is 12.2 Å². The highest BCUT2D eigenvalue weighted by molar-refractivity contribution is 5.64. The molecule has 0 heterocycles. The molecule has 0 spiro atoms. The summed E-state index contributed by atoms with van der Waals surface area (Å²) in [5.41, 5.74) is 0. The van der Waals surface area contributed by atoms with Crippen LogP contribution in [0, 0.1) is 5.92 Å². The molecule has 0 aliphatic carbocycles. The van der Waals surface area contributed by atoms with Gasteiger partial charge in [-0.1, -0.05) is 19.9 Å². The fraction of sp³-hybridized carbons (Fsp3) is 0.625. The predicted molar refractivity (Wildman–Crippen MR) is 42.9 cm³/mol. The van der Waals surface area contributed by atoms with E-state index in [1.54, 1.807) is 0 Å². The maximum atomic E-state index is 9.79. The summed E-state index contributed by atoms with van der Waals surface area (Å²) in [5, 5.41) is 3.17. The van der Waals surface area contributed by atoms with Crippen molar-refractivity contribution in [2.75, 3.05) is 13.1 Å². The van der Waals surface area contributed by atoms with Crippen molar-refractivity contribution in [2.45, 2.75) is 13.8 Å². The van der Waals surface area contributed by atoms with Crippen LogP contribution in [-0.4, -0.2) is 19.4 Å². The first kappa shape index (κ1) is 9.37. The van der Waals surface area contributed by atoms with E-state index in [1.807, 2.05) is 6.08 Å². The van der Waals surface area contributed by atoms with E-state index in [-0.39, 0.29) is 0 Å². The van der Waals surface area contributed by atoms with E-state index in [2.05, 4.69) is 19.2 Å². The number of carbonyl (C=O) groups is 1. The third-order valence-corrected chi connectivity index (χ3v) is 1.03. The zero-order valence-electron chi connectivity index (χ0n) is 6.63. The van der Waals surface area contributed by atoms with E-state index >= 15 is 0 Å². The van der Waals surface area contributed by atoms with Crippen molar-refractivity contribution in [2.24, 2.45) is 5.92 Å². The minimum Gasteiger partial charge on any atom is -0.313 e. The molecule has 2 nitrogen and oxygen atoms in total. The summed E-state index contributed by atoms with van der Waals surface area (Å²) in [7, 11) is 0. The quantitative estimate of drug-likeness (QED) is 0.351. The molecule has 2 heteroatoms. The average molecular weight is 141 g/mol. The number of aldehydes is 1. The predicted octanol–water partition coefficient (Wildman–Crippen LogP) is 0.987. The smallest absolute Gasteiger partial charge is 0.142 e. The van der Waals surface area contributed by atoms with Crippen molar-refractivity contribution < 1.29 is 4.79 Å².